The third-order valence-corrected chi connectivity index (χ3v) is 6.11. The summed E-state index contributed by atoms with van der Waals surface area (Å²) in [5.74, 6) is 1.48. The lowest BCUT2D eigenvalue weighted by Gasteiger charge is -2.22. The van der Waals surface area contributed by atoms with E-state index < -0.39 is 6.10 Å². The molecule has 0 saturated carbocycles. The van der Waals surface area contributed by atoms with Gasteiger partial charge in [-0.15, -0.1) is 0 Å². The summed E-state index contributed by atoms with van der Waals surface area (Å²) in [6, 6.07) is 7.62. The molecule has 2 aliphatic heterocycles. The largest absolute Gasteiger partial charge is 0.490 e. The highest BCUT2D eigenvalue weighted by atomic mass is 16.5. The zero-order chi connectivity index (χ0) is 21.1. The number of rotatable bonds is 2. The van der Waals surface area contributed by atoms with Crippen molar-refractivity contribution in [3.05, 3.63) is 42.5 Å². The number of aliphatic hydroxyl groups is 1. The van der Waals surface area contributed by atoms with E-state index in [1.54, 1.807) is 11.1 Å². The fraction of sp³-hybridized carbons (Fsp3) is 0.318. The Morgan fingerprint density at radius 3 is 3.06 bits per heavy atom. The highest BCUT2D eigenvalue weighted by Crippen LogP contribution is 2.38. The molecule has 9 nitrogen and oxygen atoms in total. The van der Waals surface area contributed by atoms with Crippen LogP contribution in [0.25, 0.3) is 27.9 Å². The van der Waals surface area contributed by atoms with Crippen LogP contribution in [-0.2, 0) is 4.79 Å². The van der Waals surface area contributed by atoms with Crippen LogP contribution in [0.5, 0.6) is 5.75 Å². The van der Waals surface area contributed by atoms with E-state index in [0.717, 1.165) is 51.7 Å². The maximum atomic E-state index is 12.3. The molecule has 3 N–H and O–H groups in total. The molecule has 9 heteroatoms. The molecule has 5 heterocycles. The van der Waals surface area contributed by atoms with Gasteiger partial charge in [0.15, 0.2) is 5.65 Å². The Balaban J connectivity index is 1.59. The van der Waals surface area contributed by atoms with Gasteiger partial charge in [-0.05, 0) is 24.3 Å². The van der Waals surface area contributed by atoms with Gasteiger partial charge in [-0.2, -0.15) is 0 Å². The molecule has 1 aromatic carbocycles. The lowest BCUT2D eigenvalue weighted by atomic mass is 10.1. The molecule has 6 rings (SSSR count). The van der Waals surface area contributed by atoms with Crippen molar-refractivity contribution in [2.45, 2.75) is 25.5 Å². The number of carbonyl (C=O) groups excluding carboxylic acids is 1. The number of aromatic amines is 1. The summed E-state index contributed by atoms with van der Waals surface area (Å²) in [4.78, 5) is 26.7. The average molecular weight is 418 g/mol. The number of benzene rings is 1. The fourth-order valence-electron chi connectivity index (χ4n) is 4.72. The zero-order valence-corrected chi connectivity index (χ0v) is 17.0. The minimum atomic E-state index is -0.571. The van der Waals surface area contributed by atoms with E-state index in [1.807, 2.05) is 30.5 Å². The van der Waals surface area contributed by atoms with Crippen LogP contribution >= 0.6 is 0 Å². The standard InChI is InChI=1S/C22H22N6O3/c1-12(29)27-11-14(30)9-17(27)22-26-20(13-2-3-19-15(8-13)23-6-7-31-19)18-10-25-21-16(28(18)22)4-5-24-21/h2-5,8,10,14,17,23-24,30H,6-7,9,11H2,1H3. The van der Waals surface area contributed by atoms with Crippen molar-refractivity contribution in [2.24, 2.45) is 0 Å². The smallest absolute Gasteiger partial charge is 0.220 e. The van der Waals surface area contributed by atoms with E-state index in [1.165, 1.54) is 6.92 Å². The van der Waals surface area contributed by atoms with Crippen LogP contribution in [0.3, 0.4) is 0 Å². The summed E-state index contributed by atoms with van der Waals surface area (Å²) in [5, 5.41) is 13.7. The molecule has 4 aromatic rings. The molecule has 158 valence electrons. The first-order valence-electron chi connectivity index (χ1n) is 10.4. The maximum absolute atomic E-state index is 12.3. The molecule has 31 heavy (non-hydrogen) atoms. The van der Waals surface area contributed by atoms with Crippen molar-refractivity contribution >= 4 is 28.3 Å². The Morgan fingerprint density at radius 2 is 2.19 bits per heavy atom. The van der Waals surface area contributed by atoms with Gasteiger partial charge >= 0.3 is 0 Å². The number of aliphatic hydroxyl groups excluding tert-OH is 1. The molecule has 2 unspecified atom stereocenters. The zero-order valence-electron chi connectivity index (χ0n) is 17.0. The van der Waals surface area contributed by atoms with Crippen LogP contribution in [0, 0.1) is 0 Å². The Kier molecular flexibility index (Phi) is 3.94. The monoisotopic (exact) mass is 418 g/mol. The van der Waals surface area contributed by atoms with Crippen LogP contribution in [0.15, 0.2) is 36.7 Å². The Morgan fingerprint density at radius 1 is 1.29 bits per heavy atom. The van der Waals surface area contributed by atoms with Crippen LogP contribution in [0.1, 0.15) is 25.2 Å². The fourth-order valence-corrected chi connectivity index (χ4v) is 4.72. The number of imidazole rings is 1. The Hall–Kier alpha value is -3.59. The predicted octanol–water partition coefficient (Wildman–Crippen LogP) is 2.34. The first-order valence-corrected chi connectivity index (χ1v) is 10.4. The minimum absolute atomic E-state index is 0.0747. The number of ether oxygens (including phenoxy) is 1. The third kappa shape index (κ3) is 2.77. The van der Waals surface area contributed by atoms with E-state index in [9.17, 15) is 9.90 Å². The molecule has 2 atom stereocenters. The second-order valence-corrected chi connectivity index (χ2v) is 8.07. The van der Waals surface area contributed by atoms with Gasteiger partial charge in [-0.25, -0.2) is 9.97 Å². The lowest BCUT2D eigenvalue weighted by molar-refractivity contribution is -0.130. The minimum Gasteiger partial charge on any atom is -0.490 e. The summed E-state index contributed by atoms with van der Waals surface area (Å²) in [6.07, 6.45) is 3.52. The van der Waals surface area contributed by atoms with Gasteiger partial charge in [0.2, 0.25) is 5.91 Å². The van der Waals surface area contributed by atoms with Crippen LogP contribution < -0.4 is 10.1 Å². The number of β-amino-alcohol motifs (C(OH)–C–C–N with tert-alkyl or cyclic N) is 1. The molecular weight excluding hydrogens is 396 g/mol. The summed E-state index contributed by atoms with van der Waals surface area (Å²) in [6.45, 7) is 3.24. The van der Waals surface area contributed by atoms with Crippen LogP contribution in [0.4, 0.5) is 5.69 Å². The van der Waals surface area contributed by atoms with Gasteiger partial charge in [0, 0.05) is 38.2 Å². The molecule has 1 amide bonds. The molecule has 0 spiro atoms. The second-order valence-electron chi connectivity index (χ2n) is 8.07. The number of fused-ring (bicyclic) bond motifs is 4. The number of nitrogens with zero attached hydrogens (tertiary/aromatic N) is 4. The van der Waals surface area contributed by atoms with E-state index >= 15 is 0 Å². The molecule has 2 aliphatic rings. The van der Waals surface area contributed by atoms with Crippen molar-refractivity contribution < 1.29 is 14.6 Å². The Bertz CT molecular complexity index is 1330. The summed E-state index contributed by atoms with van der Waals surface area (Å²) in [5.41, 5.74) is 5.13. The van der Waals surface area contributed by atoms with Gasteiger partial charge in [0.1, 0.15) is 18.2 Å². The van der Waals surface area contributed by atoms with E-state index in [2.05, 4.69) is 19.7 Å². The number of amides is 1. The number of anilines is 1. The summed E-state index contributed by atoms with van der Waals surface area (Å²) < 4.78 is 7.76. The highest BCUT2D eigenvalue weighted by molar-refractivity contribution is 5.86. The van der Waals surface area contributed by atoms with Gasteiger partial charge in [-0.1, -0.05) is 0 Å². The van der Waals surface area contributed by atoms with E-state index in [0.29, 0.717) is 19.6 Å². The van der Waals surface area contributed by atoms with Crippen LogP contribution in [-0.4, -0.2) is 61.1 Å². The molecule has 0 aliphatic carbocycles. The maximum Gasteiger partial charge on any atom is 0.220 e. The first kappa shape index (κ1) is 18.2. The number of H-pyrrole nitrogens is 1. The van der Waals surface area contributed by atoms with Crippen molar-refractivity contribution in [3.8, 4) is 17.0 Å². The van der Waals surface area contributed by atoms with Crippen molar-refractivity contribution in [3.63, 3.8) is 0 Å². The van der Waals surface area contributed by atoms with Gasteiger partial charge in [0.25, 0.3) is 0 Å². The number of nitrogens with one attached hydrogen (secondary N) is 2. The quantitative estimate of drug-likeness (QED) is 0.461. The van der Waals surface area contributed by atoms with Crippen LogP contribution in [0.2, 0.25) is 0 Å². The topological polar surface area (TPSA) is 108 Å². The molecular formula is C22H22N6O3. The molecule has 0 radical (unpaired) electrons. The normalized spacial score (nSPS) is 20.6. The first-order chi connectivity index (χ1) is 15.1. The predicted molar refractivity (Wildman–Crippen MR) is 115 cm³/mol. The molecule has 1 saturated heterocycles. The Labute approximate surface area is 177 Å². The number of carbonyl (C=O) groups is 1. The SMILES string of the molecule is CC(=O)N1CC(O)CC1c1nc(-c2ccc3c(c2)NCCO3)c2cnc3[nH]ccc3n12. The number of likely N-dealkylation sites (tertiary alicyclic amines) is 1. The van der Waals surface area contributed by atoms with E-state index in [-0.39, 0.29) is 11.9 Å². The lowest BCUT2D eigenvalue weighted by Crippen LogP contribution is -2.30. The van der Waals surface area contributed by atoms with Gasteiger partial charge in [-0.3, -0.25) is 9.20 Å². The van der Waals surface area contributed by atoms with Gasteiger partial charge < -0.3 is 25.0 Å². The number of hydrogen-bond donors (Lipinski definition) is 3. The third-order valence-electron chi connectivity index (χ3n) is 6.11. The van der Waals surface area contributed by atoms with Gasteiger partial charge in [0.05, 0.1) is 40.8 Å². The number of hydrogen-bond acceptors (Lipinski definition) is 6. The molecule has 1 fully saturated rings. The van der Waals surface area contributed by atoms with E-state index in [4.69, 9.17) is 9.72 Å². The highest BCUT2D eigenvalue weighted by Gasteiger charge is 2.37. The summed E-state index contributed by atoms with van der Waals surface area (Å²) in [7, 11) is 0. The van der Waals surface area contributed by atoms with Crippen molar-refractivity contribution in [1.29, 1.82) is 0 Å². The second kappa shape index (κ2) is 6.71. The molecule has 3 aromatic heterocycles. The number of aromatic nitrogens is 4. The summed E-state index contributed by atoms with van der Waals surface area (Å²) >= 11 is 0. The molecule has 0 bridgehead atoms. The average Bonchev–Trinajstić information content (AvgIpc) is 3.48. The van der Waals surface area contributed by atoms with Crippen molar-refractivity contribution in [2.75, 3.05) is 25.0 Å². The van der Waals surface area contributed by atoms with Crippen molar-refractivity contribution in [1.82, 2.24) is 24.3 Å².